The first kappa shape index (κ1) is 13.6. The Bertz CT molecular complexity index is 365. The summed E-state index contributed by atoms with van der Waals surface area (Å²) in [5, 5.41) is 23.1. The number of hydrogen-bond donors (Lipinski definition) is 2. The second kappa shape index (κ2) is 6.32. The van der Waals surface area contributed by atoms with Crippen LogP contribution in [0.1, 0.15) is 31.9 Å². The average Bonchev–Trinajstić information content (AvgIpc) is 2.35. The third kappa shape index (κ3) is 4.13. The van der Waals surface area contributed by atoms with E-state index in [0.29, 0.717) is 13.0 Å². The number of aliphatic hydroxyl groups excluding tert-OH is 1. The fraction of sp³-hybridized carbons (Fsp3) is 0.500. The van der Waals surface area contributed by atoms with Gasteiger partial charge in [-0.1, -0.05) is 19.1 Å². The molecule has 1 aromatic carbocycles. The molecule has 0 aromatic heterocycles. The Hall–Kier alpha value is -1.46. The van der Waals surface area contributed by atoms with Crippen molar-refractivity contribution in [3.63, 3.8) is 0 Å². The van der Waals surface area contributed by atoms with Gasteiger partial charge in [0.25, 0.3) is 5.69 Å². The number of hydrogen-bond acceptors (Lipinski definition) is 4. The number of nitro benzene ring substituents is 1. The molecular formula is C12H18N2O3. The van der Waals surface area contributed by atoms with Gasteiger partial charge in [0.15, 0.2) is 0 Å². The molecule has 5 heteroatoms. The van der Waals surface area contributed by atoms with Gasteiger partial charge < -0.3 is 10.4 Å². The molecular weight excluding hydrogens is 220 g/mol. The van der Waals surface area contributed by atoms with Gasteiger partial charge in [0, 0.05) is 24.7 Å². The minimum atomic E-state index is -0.414. The van der Waals surface area contributed by atoms with E-state index in [1.165, 1.54) is 12.1 Å². The van der Waals surface area contributed by atoms with E-state index in [2.05, 4.69) is 5.32 Å². The minimum Gasteiger partial charge on any atom is -0.392 e. The van der Waals surface area contributed by atoms with Gasteiger partial charge in [0.1, 0.15) is 0 Å². The first-order chi connectivity index (χ1) is 8.04. The zero-order valence-corrected chi connectivity index (χ0v) is 10.1. The molecule has 0 spiro atoms. The van der Waals surface area contributed by atoms with Crippen molar-refractivity contribution in [3.05, 3.63) is 39.9 Å². The molecule has 0 saturated heterocycles. The number of nitro groups is 1. The smallest absolute Gasteiger partial charge is 0.269 e. The molecule has 0 aliphatic heterocycles. The lowest BCUT2D eigenvalue weighted by Gasteiger charge is -2.16. The molecule has 0 saturated carbocycles. The van der Waals surface area contributed by atoms with Gasteiger partial charge in [-0.05, 0) is 18.9 Å². The Morgan fingerprint density at radius 3 is 2.47 bits per heavy atom. The lowest BCUT2D eigenvalue weighted by atomic mass is 10.1. The van der Waals surface area contributed by atoms with Crippen LogP contribution >= 0.6 is 0 Å². The van der Waals surface area contributed by atoms with Crippen LogP contribution < -0.4 is 5.32 Å². The van der Waals surface area contributed by atoms with Crippen LogP contribution in [-0.2, 0) is 0 Å². The third-order valence-electron chi connectivity index (χ3n) is 2.73. The van der Waals surface area contributed by atoms with Gasteiger partial charge in [-0.3, -0.25) is 10.1 Å². The number of rotatable bonds is 6. The first-order valence-electron chi connectivity index (χ1n) is 5.70. The molecule has 0 radical (unpaired) electrons. The maximum Gasteiger partial charge on any atom is 0.269 e. The summed E-state index contributed by atoms with van der Waals surface area (Å²) < 4.78 is 0. The zero-order valence-electron chi connectivity index (χ0n) is 10.1. The van der Waals surface area contributed by atoms with Crippen LogP contribution in [0.2, 0.25) is 0 Å². The fourth-order valence-electron chi connectivity index (χ4n) is 1.46. The largest absolute Gasteiger partial charge is 0.392 e. The van der Waals surface area contributed by atoms with Crippen LogP contribution in [0.3, 0.4) is 0 Å². The SMILES string of the molecule is CCC(O)CNC(C)c1ccc([N+](=O)[O-])cc1. The van der Waals surface area contributed by atoms with Crippen molar-refractivity contribution >= 4 is 5.69 Å². The summed E-state index contributed by atoms with van der Waals surface area (Å²) in [5.74, 6) is 0. The van der Waals surface area contributed by atoms with E-state index in [-0.39, 0.29) is 17.8 Å². The van der Waals surface area contributed by atoms with Gasteiger partial charge in [-0.15, -0.1) is 0 Å². The van der Waals surface area contributed by atoms with Gasteiger partial charge in [-0.2, -0.15) is 0 Å². The predicted molar refractivity (Wildman–Crippen MR) is 65.8 cm³/mol. The number of aliphatic hydroxyl groups is 1. The van der Waals surface area contributed by atoms with Crippen LogP contribution in [-0.4, -0.2) is 22.7 Å². The summed E-state index contributed by atoms with van der Waals surface area (Å²) >= 11 is 0. The third-order valence-corrected chi connectivity index (χ3v) is 2.73. The average molecular weight is 238 g/mol. The number of benzene rings is 1. The van der Waals surface area contributed by atoms with E-state index in [1.54, 1.807) is 12.1 Å². The van der Waals surface area contributed by atoms with Crippen molar-refractivity contribution in [2.75, 3.05) is 6.54 Å². The Morgan fingerprint density at radius 2 is 2.00 bits per heavy atom. The highest BCUT2D eigenvalue weighted by atomic mass is 16.6. The van der Waals surface area contributed by atoms with E-state index < -0.39 is 4.92 Å². The molecule has 0 fully saturated rings. The van der Waals surface area contributed by atoms with Crippen LogP contribution in [0.25, 0.3) is 0 Å². The van der Waals surface area contributed by atoms with Gasteiger partial charge in [0.05, 0.1) is 11.0 Å². The second-order valence-corrected chi connectivity index (χ2v) is 4.04. The number of nitrogens with zero attached hydrogens (tertiary/aromatic N) is 1. The molecule has 0 bridgehead atoms. The van der Waals surface area contributed by atoms with Crippen molar-refractivity contribution in [1.29, 1.82) is 0 Å². The van der Waals surface area contributed by atoms with Crippen molar-refractivity contribution in [1.82, 2.24) is 5.32 Å². The minimum absolute atomic E-state index is 0.0667. The highest BCUT2D eigenvalue weighted by molar-refractivity contribution is 5.33. The summed E-state index contributed by atoms with van der Waals surface area (Å²) in [6.45, 7) is 4.40. The van der Waals surface area contributed by atoms with Crippen LogP contribution in [0.5, 0.6) is 0 Å². The summed E-state index contributed by atoms with van der Waals surface area (Å²) in [6.07, 6.45) is 0.357. The Labute approximate surface area is 101 Å². The summed E-state index contributed by atoms with van der Waals surface area (Å²) in [5.41, 5.74) is 1.06. The van der Waals surface area contributed by atoms with E-state index in [4.69, 9.17) is 0 Å². The molecule has 0 amide bonds. The zero-order chi connectivity index (χ0) is 12.8. The Kier molecular flexibility index (Phi) is 5.06. The van der Waals surface area contributed by atoms with Gasteiger partial charge in [-0.25, -0.2) is 0 Å². The molecule has 2 N–H and O–H groups in total. The predicted octanol–water partition coefficient (Wildman–Crippen LogP) is 2.02. The Morgan fingerprint density at radius 1 is 1.41 bits per heavy atom. The molecule has 0 heterocycles. The van der Waals surface area contributed by atoms with Crippen LogP contribution in [0, 0.1) is 10.1 Å². The van der Waals surface area contributed by atoms with Crippen molar-refractivity contribution in [2.24, 2.45) is 0 Å². The van der Waals surface area contributed by atoms with E-state index in [9.17, 15) is 15.2 Å². The molecule has 94 valence electrons. The normalized spacial score (nSPS) is 14.3. The highest BCUT2D eigenvalue weighted by Gasteiger charge is 2.09. The maximum absolute atomic E-state index is 10.5. The molecule has 2 unspecified atom stereocenters. The fourth-order valence-corrected chi connectivity index (χ4v) is 1.46. The standard InChI is InChI=1S/C12H18N2O3/c1-3-12(15)8-13-9(2)10-4-6-11(7-5-10)14(16)17/h4-7,9,12-13,15H,3,8H2,1-2H3. The van der Waals surface area contributed by atoms with Crippen molar-refractivity contribution in [3.8, 4) is 0 Å². The number of non-ortho nitro benzene ring substituents is 1. The maximum atomic E-state index is 10.5. The molecule has 1 rings (SSSR count). The molecule has 1 aromatic rings. The molecule has 17 heavy (non-hydrogen) atoms. The first-order valence-corrected chi connectivity index (χ1v) is 5.70. The molecule has 2 atom stereocenters. The quantitative estimate of drug-likeness (QED) is 0.587. The van der Waals surface area contributed by atoms with E-state index >= 15 is 0 Å². The van der Waals surface area contributed by atoms with E-state index in [1.807, 2.05) is 13.8 Å². The molecule has 5 nitrogen and oxygen atoms in total. The van der Waals surface area contributed by atoms with Gasteiger partial charge in [0.2, 0.25) is 0 Å². The summed E-state index contributed by atoms with van der Waals surface area (Å²) in [7, 11) is 0. The Balaban J connectivity index is 2.57. The monoisotopic (exact) mass is 238 g/mol. The summed E-state index contributed by atoms with van der Waals surface area (Å²) in [4.78, 5) is 10.1. The van der Waals surface area contributed by atoms with Crippen molar-refractivity contribution in [2.45, 2.75) is 32.4 Å². The number of nitrogens with one attached hydrogen (secondary N) is 1. The van der Waals surface area contributed by atoms with E-state index in [0.717, 1.165) is 5.56 Å². The van der Waals surface area contributed by atoms with Crippen LogP contribution in [0.15, 0.2) is 24.3 Å². The molecule has 0 aliphatic carbocycles. The van der Waals surface area contributed by atoms with Crippen LogP contribution in [0.4, 0.5) is 5.69 Å². The lowest BCUT2D eigenvalue weighted by Crippen LogP contribution is -2.28. The van der Waals surface area contributed by atoms with Crippen molar-refractivity contribution < 1.29 is 10.0 Å². The van der Waals surface area contributed by atoms with Gasteiger partial charge >= 0.3 is 0 Å². The molecule has 0 aliphatic rings. The lowest BCUT2D eigenvalue weighted by molar-refractivity contribution is -0.384. The highest BCUT2D eigenvalue weighted by Crippen LogP contribution is 2.17. The topological polar surface area (TPSA) is 75.4 Å². The second-order valence-electron chi connectivity index (χ2n) is 4.04. The summed E-state index contributed by atoms with van der Waals surface area (Å²) in [6, 6.07) is 6.51.